The zero-order chi connectivity index (χ0) is 9.26. The molecule has 2 rings (SSSR count). The Labute approximate surface area is 77.3 Å². The van der Waals surface area contributed by atoms with Crippen LogP contribution in [0.3, 0.4) is 0 Å². The Kier molecular flexibility index (Phi) is 1.93. The van der Waals surface area contributed by atoms with Gasteiger partial charge in [0.2, 0.25) is 0 Å². The lowest BCUT2D eigenvalue weighted by molar-refractivity contribution is 0.322. The van der Waals surface area contributed by atoms with Crippen molar-refractivity contribution in [3.05, 3.63) is 29.3 Å². The average molecular weight is 176 g/mol. The third-order valence-corrected chi connectivity index (χ3v) is 2.44. The lowest BCUT2D eigenvalue weighted by Crippen LogP contribution is -2.12. The third kappa shape index (κ3) is 1.37. The van der Waals surface area contributed by atoms with Gasteiger partial charge >= 0.3 is 0 Å². The number of fused-ring (bicyclic) bond motifs is 1. The van der Waals surface area contributed by atoms with Crippen LogP contribution >= 0.6 is 0 Å². The van der Waals surface area contributed by atoms with E-state index in [1.807, 2.05) is 6.07 Å². The van der Waals surface area contributed by atoms with Crippen molar-refractivity contribution in [1.82, 2.24) is 0 Å². The van der Waals surface area contributed by atoms with Crippen molar-refractivity contribution in [3.8, 4) is 0 Å². The number of anilines is 1. The minimum Gasteiger partial charge on any atom is -0.411 e. The Morgan fingerprint density at radius 2 is 2.38 bits per heavy atom. The van der Waals surface area contributed by atoms with Crippen LogP contribution in [0.2, 0.25) is 0 Å². The molecular weight excluding hydrogens is 164 g/mol. The fraction of sp³-hybridized carbons (Fsp3) is 0.300. The molecule has 1 aromatic carbocycles. The second-order valence-electron chi connectivity index (χ2n) is 3.30. The lowest BCUT2D eigenvalue weighted by atomic mass is 10.1. The van der Waals surface area contributed by atoms with E-state index >= 15 is 0 Å². The molecule has 0 aliphatic carbocycles. The fourth-order valence-corrected chi connectivity index (χ4v) is 1.73. The molecule has 0 saturated carbocycles. The van der Waals surface area contributed by atoms with Gasteiger partial charge in [0.15, 0.2) is 0 Å². The van der Waals surface area contributed by atoms with Gasteiger partial charge in [-0.2, -0.15) is 0 Å². The Morgan fingerprint density at radius 1 is 1.54 bits per heavy atom. The molecular formula is C10H12N2O. The Morgan fingerprint density at radius 3 is 3.15 bits per heavy atom. The summed E-state index contributed by atoms with van der Waals surface area (Å²) in [6.45, 7) is 1.08. The third-order valence-electron chi connectivity index (χ3n) is 2.44. The minimum absolute atomic E-state index is 0.955. The number of oxime groups is 1. The van der Waals surface area contributed by atoms with Gasteiger partial charge < -0.3 is 10.1 Å². The van der Waals surface area contributed by atoms with Gasteiger partial charge in [0.05, 0.1) is 6.21 Å². The molecule has 13 heavy (non-hydrogen) atoms. The summed E-state index contributed by atoms with van der Waals surface area (Å²) < 4.78 is 0. The van der Waals surface area contributed by atoms with Crippen molar-refractivity contribution in [1.29, 1.82) is 0 Å². The molecule has 0 bridgehead atoms. The molecule has 3 heteroatoms. The molecule has 1 heterocycles. The van der Waals surface area contributed by atoms with Crippen LogP contribution in [0.15, 0.2) is 23.4 Å². The maximum absolute atomic E-state index is 8.38. The van der Waals surface area contributed by atoms with Crippen molar-refractivity contribution in [2.75, 3.05) is 18.5 Å². The summed E-state index contributed by atoms with van der Waals surface area (Å²) in [4.78, 5) is 2.23. The van der Waals surface area contributed by atoms with E-state index in [0.717, 1.165) is 18.5 Å². The highest BCUT2D eigenvalue weighted by Gasteiger charge is 2.14. The monoisotopic (exact) mass is 176 g/mol. The van der Waals surface area contributed by atoms with Crippen LogP contribution in [-0.2, 0) is 6.42 Å². The second kappa shape index (κ2) is 3.09. The maximum Gasteiger partial charge on any atom is 0.0733 e. The summed E-state index contributed by atoms with van der Waals surface area (Å²) in [5.41, 5.74) is 3.58. The van der Waals surface area contributed by atoms with E-state index in [9.17, 15) is 0 Å². The molecule has 1 aliphatic heterocycles. The molecule has 0 amide bonds. The molecule has 0 unspecified atom stereocenters. The first-order valence-corrected chi connectivity index (χ1v) is 4.33. The highest BCUT2D eigenvalue weighted by molar-refractivity contribution is 5.81. The first kappa shape index (κ1) is 8.10. The van der Waals surface area contributed by atoms with Crippen molar-refractivity contribution in [2.24, 2.45) is 5.16 Å². The van der Waals surface area contributed by atoms with Gasteiger partial charge in [-0.25, -0.2) is 0 Å². The van der Waals surface area contributed by atoms with Gasteiger partial charge in [-0.1, -0.05) is 11.2 Å². The molecule has 1 aromatic rings. The number of hydrogen-bond donors (Lipinski definition) is 1. The van der Waals surface area contributed by atoms with Gasteiger partial charge in [-0.3, -0.25) is 0 Å². The van der Waals surface area contributed by atoms with Gasteiger partial charge in [0, 0.05) is 19.3 Å². The van der Waals surface area contributed by atoms with Gasteiger partial charge in [0.1, 0.15) is 0 Å². The van der Waals surface area contributed by atoms with Crippen molar-refractivity contribution in [3.63, 3.8) is 0 Å². The van der Waals surface area contributed by atoms with E-state index in [2.05, 4.69) is 29.2 Å². The quantitative estimate of drug-likeness (QED) is 0.400. The zero-order valence-corrected chi connectivity index (χ0v) is 7.57. The van der Waals surface area contributed by atoms with E-state index in [4.69, 9.17) is 5.21 Å². The molecule has 0 atom stereocenters. The minimum atomic E-state index is 0.955. The SMILES string of the molecule is CN1CCc2cc(/C=N/O)ccc21. The Balaban J connectivity index is 2.39. The number of likely N-dealkylation sites (N-methyl/N-ethyl adjacent to an activating group) is 1. The summed E-state index contributed by atoms with van der Waals surface area (Å²) in [5.74, 6) is 0. The molecule has 0 spiro atoms. The summed E-state index contributed by atoms with van der Waals surface area (Å²) in [6, 6.07) is 6.10. The van der Waals surface area contributed by atoms with E-state index in [-0.39, 0.29) is 0 Å². The van der Waals surface area contributed by atoms with Gasteiger partial charge in [0.25, 0.3) is 0 Å². The maximum atomic E-state index is 8.38. The Bertz CT molecular complexity index is 347. The molecule has 0 saturated heterocycles. The zero-order valence-electron chi connectivity index (χ0n) is 7.57. The highest BCUT2D eigenvalue weighted by atomic mass is 16.4. The van der Waals surface area contributed by atoms with E-state index in [0.29, 0.717) is 0 Å². The smallest absolute Gasteiger partial charge is 0.0733 e. The normalized spacial score (nSPS) is 15.3. The van der Waals surface area contributed by atoms with Gasteiger partial charge in [-0.15, -0.1) is 0 Å². The number of rotatable bonds is 1. The molecule has 1 aliphatic rings. The molecule has 0 aromatic heterocycles. The number of hydrogen-bond acceptors (Lipinski definition) is 3. The molecule has 0 fully saturated rings. The predicted octanol–water partition coefficient (Wildman–Crippen LogP) is 1.49. The summed E-state index contributed by atoms with van der Waals surface area (Å²) in [6.07, 6.45) is 2.54. The average Bonchev–Trinajstić information content (AvgIpc) is 2.48. The van der Waals surface area contributed by atoms with Crippen LogP contribution in [-0.4, -0.2) is 25.0 Å². The summed E-state index contributed by atoms with van der Waals surface area (Å²) >= 11 is 0. The summed E-state index contributed by atoms with van der Waals surface area (Å²) in [7, 11) is 2.09. The number of benzene rings is 1. The highest BCUT2D eigenvalue weighted by Crippen LogP contribution is 2.26. The largest absolute Gasteiger partial charge is 0.411 e. The van der Waals surface area contributed by atoms with Crippen molar-refractivity contribution >= 4 is 11.9 Å². The molecule has 0 radical (unpaired) electrons. The van der Waals surface area contributed by atoms with E-state index < -0.39 is 0 Å². The van der Waals surface area contributed by atoms with E-state index in [1.165, 1.54) is 17.5 Å². The summed E-state index contributed by atoms with van der Waals surface area (Å²) in [5, 5.41) is 11.4. The standard InChI is InChI=1S/C10H12N2O/c1-12-5-4-9-6-8(7-11-13)2-3-10(9)12/h2-3,6-7,13H,4-5H2,1H3/b11-7+. The van der Waals surface area contributed by atoms with Gasteiger partial charge in [-0.05, 0) is 29.7 Å². The first-order valence-electron chi connectivity index (χ1n) is 4.33. The molecule has 3 nitrogen and oxygen atoms in total. The van der Waals surface area contributed by atoms with Crippen LogP contribution in [0.25, 0.3) is 0 Å². The first-order chi connectivity index (χ1) is 6.31. The predicted molar refractivity (Wildman–Crippen MR) is 52.8 cm³/mol. The van der Waals surface area contributed by atoms with E-state index in [1.54, 1.807) is 0 Å². The van der Waals surface area contributed by atoms with Crippen LogP contribution in [0.1, 0.15) is 11.1 Å². The van der Waals surface area contributed by atoms with Crippen LogP contribution in [0, 0.1) is 0 Å². The molecule has 68 valence electrons. The Hall–Kier alpha value is -1.51. The van der Waals surface area contributed by atoms with Crippen LogP contribution in [0.4, 0.5) is 5.69 Å². The topological polar surface area (TPSA) is 35.8 Å². The lowest BCUT2D eigenvalue weighted by Gasteiger charge is -2.11. The number of nitrogens with zero attached hydrogens (tertiary/aromatic N) is 2. The van der Waals surface area contributed by atoms with Crippen molar-refractivity contribution < 1.29 is 5.21 Å². The fourth-order valence-electron chi connectivity index (χ4n) is 1.73. The van der Waals surface area contributed by atoms with Crippen LogP contribution < -0.4 is 4.90 Å². The van der Waals surface area contributed by atoms with Crippen LogP contribution in [0.5, 0.6) is 0 Å². The molecule has 1 N–H and O–H groups in total. The van der Waals surface area contributed by atoms with Crippen molar-refractivity contribution in [2.45, 2.75) is 6.42 Å². The second-order valence-corrected chi connectivity index (χ2v) is 3.30.